The second-order valence-corrected chi connectivity index (χ2v) is 5.57. The van der Waals surface area contributed by atoms with Crippen molar-refractivity contribution >= 4 is 43.5 Å². The molecule has 0 bridgehead atoms. The lowest BCUT2D eigenvalue weighted by molar-refractivity contribution is 0.0998. The first kappa shape index (κ1) is 13.9. The van der Waals surface area contributed by atoms with Crippen LogP contribution in [0.25, 0.3) is 0 Å². The maximum Gasteiger partial charge on any atom is 0.252 e. The molecule has 6 heteroatoms. The Morgan fingerprint density at radius 1 is 1.05 bits per heavy atom. The van der Waals surface area contributed by atoms with Crippen LogP contribution in [0.2, 0.25) is 0 Å². The van der Waals surface area contributed by atoms with Crippen LogP contribution >= 0.6 is 31.9 Å². The van der Waals surface area contributed by atoms with Gasteiger partial charge in [-0.1, -0.05) is 15.9 Å². The number of ether oxygens (including phenoxy) is 1. The molecule has 19 heavy (non-hydrogen) atoms. The summed E-state index contributed by atoms with van der Waals surface area (Å²) in [5.41, 5.74) is 11.6. The predicted molar refractivity (Wildman–Crippen MR) is 81.3 cm³/mol. The van der Waals surface area contributed by atoms with Crippen LogP contribution in [0.1, 0.15) is 10.4 Å². The number of hydrogen-bond donors (Lipinski definition) is 2. The van der Waals surface area contributed by atoms with Crippen LogP contribution in [0, 0.1) is 0 Å². The van der Waals surface area contributed by atoms with Crippen LogP contribution < -0.4 is 16.2 Å². The van der Waals surface area contributed by atoms with Gasteiger partial charge in [-0.05, 0) is 52.3 Å². The van der Waals surface area contributed by atoms with Gasteiger partial charge >= 0.3 is 0 Å². The van der Waals surface area contributed by atoms with Crippen molar-refractivity contribution in [2.75, 3.05) is 5.73 Å². The lowest BCUT2D eigenvalue weighted by atomic mass is 10.1. The van der Waals surface area contributed by atoms with Crippen LogP contribution in [0.3, 0.4) is 0 Å². The minimum absolute atomic E-state index is 0.245. The van der Waals surface area contributed by atoms with E-state index in [4.69, 9.17) is 16.2 Å². The normalized spacial score (nSPS) is 10.2. The van der Waals surface area contributed by atoms with Crippen molar-refractivity contribution in [3.05, 3.63) is 50.9 Å². The van der Waals surface area contributed by atoms with E-state index in [1.165, 1.54) is 6.07 Å². The molecule has 0 saturated carbocycles. The van der Waals surface area contributed by atoms with Gasteiger partial charge in [-0.15, -0.1) is 0 Å². The molecule has 0 aromatic heterocycles. The molecular formula is C13H10Br2N2O2. The molecule has 0 aliphatic heterocycles. The quantitative estimate of drug-likeness (QED) is 0.791. The molecule has 4 nitrogen and oxygen atoms in total. The van der Waals surface area contributed by atoms with Gasteiger partial charge in [0.25, 0.3) is 5.91 Å². The van der Waals surface area contributed by atoms with Gasteiger partial charge in [0.15, 0.2) is 0 Å². The molecular weight excluding hydrogens is 376 g/mol. The number of carbonyl (C=O) groups is 1. The van der Waals surface area contributed by atoms with E-state index in [2.05, 4.69) is 31.9 Å². The van der Waals surface area contributed by atoms with Crippen molar-refractivity contribution in [1.29, 1.82) is 0 Å². The summed E-state index contributed by atoms with van der Waals surface area (Å²) in [5.74, 6) is 0.357. The summed E-state index contributed by atoms with van der Waals surface area (Å²) < 4.78 is 7.36. The number of anilines is 1. The highest BCUT2D eigenvalue weighted by Crippen LogP contribution is 2.33. The molecule has 2 aromatic rings. The first-order valence-corrected chi connectivity index (χ1v) is 6.88. The van der Waals surface area contributed by atoms with E-state index >= 15 is 0 Å². The van der Waals surface area contributed by atoms with E-state index in [9.17, 15) is 4.79 Å². The maximum absolute atomic E-state index is 11.4. The number of rotatable bonds is 3. The minimum Gasteiger partial charge on any atom is -0.455 e. The third-order valence-corrected chi connectivity index (χ3v) is 3.50. The molecule has 0 fully saturated rings. The summed E-state index contributed by atoms with van der Waals surface area (Å²) in [7, 11) is 0. The predicted octanol–water partition coefficient (Wildman–Crippen LogP) is 3.69. The first-order valence-electron chi connectivity index (χ1n) is 5.29. The Labute approximate surface area is 127 Å². The van der Waals surface area contributed by atoms with Gasteiger partial charge in [0.1, 0.15) is 11.5 Å². The van der Waals surface area contributed by atoms with Crippen LogP contribution in [0.4, 0.5) is 5.69 Å². The summed E-state index contributed by atoms with van der Waals surface area (Å²) in [5, 5.41) is 0. The van der Waals surface area contributed by atoms with E-state index < -0.39 is 5.91 Å². The smallest absolute Gasteiger partial charge is 0.252 e. The van der Waals surface area contributed by atoms with Crippen molar-refractivity contribution in [2.45, 2.75) is 0 Å². The Morgan fingerprint density at radius 2 is 1.74 bits per heavy atom. The molecule has 0 radical (unpaired) electrons. The molecule has 1 amide bonds. The fourth-order valence-corrected chi connectivity index (χ4v) is 2.63. The van der Waals surface area contributed by atoms with Crippen molar-refractivity contribution in [2.24, 2.45) is 5.73 Å². The summed E-state index contributed by atoms with van der Waals surface area (Å²) >= 11 is 6.74. The highest BCUT2D eigenvalue weighted by atomic mass is 79.9. The summed E-state index contributed by atoms with van der Waals surface area (Å²) in [6, 6.07) is 10.2. The number of carbonyl (C=O) groups excluding carboxylic acids is 1. The highest BCUT2D eigenvalue weighted by molar-refractivity contribution is 9.11. The van der Waals surface area contributed by atoms with Gasteiger partial charge in [-0.3, -0.25) is 4.79 Å². The SMILES string of the molecule is NC(=O)c1cc(N)ccc1Oc1ccc(Br)cc1Br. The number of benzene rings is 2. The Kier molecular flexibility index (Phi) is 4.11. The van der Waals surface area contributed by atoms with Crippen molar-refractivity contribution in [3.63, 3.8) is 0 Å². The van der Waals surface area contributed by atoms with Crippen LogP contribution in [-0.4, -0.2) is 5.91 Å². The zero-order chi connectivity index (χ0) is 14.0. The van der Waals surface area contributed by atoms with Crippen LogP contribution in [-0.2, 0) is 0 Å². The van der Waals surface area contributed by atoms with Gasteiger partial charge in [-0.2, -0.15) is 0 Å². The van der Waals surface area contributed by atoms with Gasteiger partial charge in [0.2, 0.25) is 0 Å². The number of nitrogen functional groups attached to an aromatic ring is 1. The monoisotopic (exact) mass is 384 g/mol. The van der Waals surface area contributed by atoms with E-state index in [1.807, 2.05) is 12.1 Å². The number of primary amides is 1. The average Bonchev–Trinajstić information content (AvgIpc) is 2.34. The van der Waals surface area contributed by atoms with E-state index in [1.54, 1.807) is 18.2 Å². The Hall–Kier alpha value is -1.53. The number of halogens is 2. The molecule has 0 atom stereocenters. The number of nitrogens with two attached hydrogens (primary N) is 2. The lowest BCUT2D eigenvalue weighted by Crippen LogP contribution is -2.12. The zero-order valence-electron chi connectivity index (χ0n) is 9.69. The minimum atomic E-state index is -0.587. The van der Waals surface area contributed by atoms with E-state index in [-0.39, 0.29) is 5.56 Å². The first-order chi connectivity index (χ1) is 8.97. The molecule has 0 spiro atoms. The van der Waals surface area contributed by atoms with Gasteiger partial charge in [-0.25, -0.2) is 0 Å². The topological polar surface area (TPSA) is 78.3 Å². The number of hydrogen-bond acceptors (Lipinski definition) is 3. The van der Waals surface area contributed by atoms with Crippen molar-refractivity contribution < 1.29 is 9.53 Å². The fourth-order valence-electron chi connectivity index (χ4n) is 1.51. The molecule has 2 aromatic carbocycles. The Bertz CT molecular complexity index is 645. The number of amides is 1. The summed E-state index contributed by atoms with van der Waals surface area (Å²) in [4.78, 5) is 11.4. The average molecular weight is 386 g/mol. The summed E-state index contributed by atoms with van der Waals surface area (Å²) in [6.45, 7) is 0. The molecule has 98 valence electrons. The highest BCUT2D eigenvalue weighted by Gasteiger charge is 2.12. The Balaban J connectivity index is 2.40. The van der Waals surface area contributed by atoms with E-state index in [0.29, 0.717) is 17.2 Å². The molecule has 0 aliphatic carbocycles. The summed E-state index contributed by atoms with van der Waals surface area (Å²) in [6.07, 6.45) is 0. The molecule has 0 aliphatic rings. The fraction of sp³-hybridized carbons (Fsp3) is 0. The lowest BCUT2D eigenvalue weighted by Gasteiger charge is -2.11. The largest absolute Gasteiger partial charge is 0.455 e. The second kappa shape index (κ2) is 5.63. The molecule has 2 rings (SSSR count). The third-order valence-electron chi connectivity index (χ3n) is 2.38. The van der Waals surface area contributed by atoms with E-state index in [0.717, 1.165) is 8.95 Å². The van der Waals surface area contributed by atoms with Crippen molar-refractivity contribution in [1.82, 2.24) is 0 Å². The maximum atomic E-state index is 11.4. The molecule has 0 heterocycles. The standard InChI is InChI=1S/C13H10Br2N2O2/c14-7-1-3-12(10(15)5-7)19-11-4-2-8(16)6-9(11)13(17)18/h1-6H,16H2,(H2,17,18). The second-order valence-electron chi connectivity index (χ2n) is 3.80. The zero-order valence-corrected chi connectivity index (χ0v) is 12.9. The van der Waals surface area contributed by atoms with Crippen LogP contribution in [0.15, 0.2) is 45.3 Å². The molecule has 0 saturated heterocycles. The van der Waals surface area contributed by atoms with Crippen LogP contribution in [0.5, 0.6) is 11.5 Å². The Morgan fingerprint density at radius 3 is 2.37 bits per heavy atom. The van der Waals surface area contributed by atoms with Gasteiger partial charge in [0, 0.05) is 10.2 Å². The van der Waals surface area contributed by atoms with Crippen molar-refractivity contribution in [3.8, 4) is 11.5 Å². The third kappa shape index (κ3) is 3.27. The molecule has 4 N–H and O–H groups in total. The van der Waals surface area contributed by atoms with Gasteiger partial charge in [0.05, 0.1) is 10.0 Å². The van der Waals surface area contributed by atoms with Gasteiger partial charge < -0.3 is 16.2 Å². The molecule has 0 unspecified atom stereocenters.